The summed E-state index contributed by atoms with van der Waals surface area (Å²) in [6.07, 6.45) is -1.09. The smallest absolute Gasteiger partial charge is 0.406 e. The highest BCUT2D eigenvalue weighted by atomic mass is 19.4. The van der Waals surface area contributed by atoms with Crippen LogP contribution >= 0.6 is 0 Å². The van der Waals surface area contributed by atoms with Gasteiger partial charge in [0, 0.05) is 12.5 Å². The van der Waals surface area contributed by atoms with Crippen LogP contribution < -0.4 is 4.74 Å². The molecule has 0 saturated heterocycles. The zero-order chi connectivity index (χ0) is 25.5. The van der Waals surface area contributed by atoms with Crippen molar-refractivity contribution in [1.82, 2.24) is 0 Å². The summed E-state index contributed by atoms with van der Waals surface area (Å²) in [7, 11) is 1.70. The molecule has 0 aliphatic carbocycles. The Morgan fingerprint density at radius 3 is 1.83 bits per heavy atom. The standard InChI is InChI=1S/C30H28F4O2/c1-35-19-18-23-4-2-21(3-5-23)6-7-24-11-17-28-26(20-24)14-13-25(29(28)31)12-8-22-9-15-27(16-10-22)36-30(32,33)34/h2-5,9-11,13-17,20H,6-8,12,18-19H2,1H3. The van der Waals surface area contributed by atoms with Crippen molar-refractivity contribution in [2.45, 2.75) is 38.5 Å². The lowest BCUT2D eigenvalue weighted by Gasteiger charge is -2.11. The van der Waals surface area contributed by atoms with Crippen LogP contribution in [-0.2, 0) is 36.8 Å². The fourth-order valence-electron chi connectivity index (χ4n) is 4.25. The summed E-state index contributed by atoms with van der Waals surface area (Å²) in [5, 5.41) is 1.44. The normalized spacial score (nSPS) is 11.7. The van der Waals surface area contributed by atoms with E-state index in [0.29, 0.717) is 30.4 Å². The van der Waals surface area contributed by atoms with Crippen LogP contribution in [0.25, 0.3) is 10.8 Å². The van der Waals surface area contributed by atoms with Crippen LogP contribution in [0.4, 0.5) is 17.6 Å². The summed E-state index contributed by atoms with van der Waals surface area (Å²) in [4.78, 5) is 0. The maximum atomic E-state index is 15.2. The van der Waals surface area contributed by atoms with E-state index in [2.05, 4.69) is 29.0 Å². The van der Waals surface area contributed by atoms with Gasteiger partial charge in [0.2, 0.25) is 0 Å². The van der Waals surface area contributed by atoms with Gasteiger partial charge in [-0.3, -0.25) is 0 Å². The average Bonchev–Trinajstić information content (AvgIpc) is 2.86. The Labute approximate surface area is 208 Å². The van der Waals surface area contributed by atoms with Crippen LogP contribution in [0.1, 0.15) is 27.8 Å². The van der Waals surface area contributed by atoms with Crippen LogP contribution in [0.2, 0.25) is 0 Å². The van der Waals surface area contributed by atoms with Crippen molar-refractivity contribution in [3.05, 3.63) is 112 Å². The second-order valence-corrected chi connectivity index (χ2v) is 8.85. The SMILES string of the molecule is COCCc1ccc(CCc2ccc3c(F)c(CCc4ccc(OC(F)(F)F)cc4)ccc3c2)cc1. The van der Waals surface area contributed by atoms with Crippen molar-refractivity contribution in [2.24, 2.45) is 0 Å². The number of ether oxygens (including phenoxy) is 2. The lowest BCUT2D eigenvalue weighted by atomic mass is 9.97. The Hall–Kier alpha value is -3.38. The minimum absolute atomic E-state index is 0.247. The van der Waals surface area contributed by atoms with E-state index in [1.165, 1.54) is 23.3 Å². The number of hydrogen-bond donors (Lipinski definition) is 0. The first kappa shape index (κ1) is 25.7. The fourth-order valence-corrected chi connectivity index (χ4v) is 4.25. The first-order valence-corrected chi connectivity index (χ1v) is 11.9. The number of alkyl halides is 3. The number of aryl methyl sites for hydroxylation is 4. The molecule has 188 valence electrons. The molecule has 0 aliphatic heterocycles. The van der Waals surface area contributed by atoms with Crippen LogP contribution in [0.3, 0.4) is 0 Å². The molecule has 0 aromatic heterocycles. The maximum Gasteiger partial charge on any atom is 0.573 e. The molecule has 4 aromatic carbocycles. The number of hydrogen-bond acceptors (Lipinski definition) is 2. The van der Waals surface area contributed by atoms with Crippen molar-refractivity contribution in [3.63, 3.8) is 0 Å². The highest BCUT2D eigenvalue weighted by Gasteiger charge is 2.30. The van der Waals surface area contributed by atoms with E-state index in [1.807, 2.05) is 24.3 Å². The minimum Gasteiger partial charge on any atom is -0.406 e. The van der Waals surface area contributed by atoms with E-state index >= 15 is 4.39 Å². The third-order valence-corrected chi connectivity index (χ3v) is 6.26. The maximum absolute atomic E-state index is 15.2. The molecule has 0 aliphatic rings. The molecular formula is C30H28F4O2. The monoisotopic (exact) mass is 496 g/mol. The summed E-state index contributed by atoms with van der Waals surface area (Å²) < 4.78 is 61.1. The Kier molecular flexibility index (Phi) is 8.26. The molecule has 0 unspecified atom stereocenters. The van der Waals surface area contributed by atoms with Crippen LogP contribution in [0, 0.1) is 5.82 Å². The number of methoxy groups -OCH3 is 1. The van der Waals surface area contributed by atoms with Gasteiger partial charge in [0.25, 0.3) is 0 Å². The zero-order valence-corrected chi connectivity index (χ0v) is 20.1. The van der Waals surface area contributed by atoms with E-state index in [-0.39, 0.29) is 11.6 Å². The third-order valence-electron chi connectivity index (χ3n) is 6.26. The molecule has 0 radical (unpaired) electrons. The Morgan fingerprint density at radius 1 is 0.639 bits per heavy atom. The van der Waals surface area contributed by atoms with Crippen molar-refractivity contribution >= 4 is 10.8 Å². The largest absolute Gasteiger partial charge is 0.573 e. The highest BCUT2D eigenvalue weighted by molar-refractivity contribution is 5.84. The molecule has 0 saturated carbocycles. The van der Waals surface area contributed by atoms with Gasteiger partial charge in [0.05, 0.1) is 6.61 Å². The van der Waals surface area contributed by atoms with Crippen molar-refractivity contribution in [2.75, 3.05) is 13.7 Å². The Bertz CT molecular complexity index is 1280. The second-order valence-electron chi connectivity index (χ2n) is 8.85. The van der Waals surface area contributed by atoms with Crippen LogP contribution in [0.15, 0.2) is 78.9 Å². The molecule has 0 heterocycles. The van der Waals surface area contributed by atoms with Gasteiger partial charge in [-0.1, -0.05) is 66.7 Å². The van der Waals surface area contributed by atoms with Gasteiger partial charge in [0.1, 0.15) is 11.6 Å². The van der Waals surface area contributed by atoms with Gasteiger partial charge < -0.3 is 9.47 Å². The Balaban J connectivity index is 1.36. The predicted octanol–water partition coefficient (Wildman–Crippen LogP) is 7.64. The van der Waals surface area contributed by atoms with Crippen LogP contribution in [0.5, 0.6) is 5.75 Å². The molecule has 36 heavy (non-hydrogen) atoms. The molecule has 4 aromatic rings. The van der Waals surface area contributed by atoms with Gasteiger partial charge >= 0.3 is 6.36 Å². The summed E-state index contributed by atoms with van der Waals surface area (Å²) >= 11 is 0. The number of halogens is 4. The van der Waals surface area contributed by atoms with Crippen molar-refractivity contribution in [1.29, 1.82) is 0 Å². The van der Waals surface area contributed by atoms with E-state index < -0.39 is 6.36 Å². The Morgan fingerprint density at radius 2 is 1.19 bits per heavy atom. The van der Waals surface area contributed by atoms with Gasteiger partial charge in [-0.25, -0.2) is 4.39 Å². The lowest BCUT2D eigenvalue weighted by molar-refractivity contribution is -0.274. The molecule has 0 spiro atoms. The van der Waals surface area contributed by atoms with Gasteiger partial charge in [-0.2, -0.15) is 0 Å². The number of benzene rings is 4. The number of rotatable bonds is 10. The molecule has 0 bridgehead atoms. The lowest BCUT2D eigenvalue weighted by Crippen LogP contribution is -2.17. The second kappa shape index (κ2) is 11.6. The van der Waals surface area contributed by atoms with E-state index in [1.54, 1.807) is 25.3 Å². The fraction of sp³-hybridized carbons (Fsp3) is 0.267. The average molecular weight is 497 g/mol. The topological polar surface area (TPSA) is 18.5 Å². The molecule has 2 nitrogen and oxygen atoms in total. The molecule has 0 fully saturated rings. The first-order chi connectivity index (χ1) is 17.3. The zero-order valence-electron chi connectivity index (χ0n) is 20.1. The summed E-state index contributed by atoms with van der Waals surface area (Å²) in [6.45, 7) is 0.711. The van der Waals surface area contributed by atoms with E-state index in [0.717, 1.165) is 35.8 Å². The molecule has 6 heteroatoms. The minimum atomic E-state index is -4.72. The van der Waals surface area contributed by atoms with Gasteiger partial charge in [0.15, 0.2) is 0 Å². The summed E-state index contributed by atoms with van der Waals surface area (Å²) in [5.74, 6) is -0.513. The summed E-state index contributed by atoms with van der Waals surface area (Å²) in [5.41, 5.74) is 5.06. The van der Waals surface area contributed by atoms with Crippen molar-refractivity contribution < 1.29 is 27.0 Å². The quantitative estimate of drug-likeness (QED) is 0.210. The van der Waals surface area contributed by atoms with E-state index in [4.69, 9.17) is 4.74 Å². The highest BCUT2D eigenvalue weighted by Crippen LogP contribution is 2.26. The molecule has 0 atom stereocenters. The first-order valence-electron chi connectivity index (χ1n) is 11.9. The molecule has 0 amide bonds. The summed E-state index contributed by atoms with van der Waals surface area (Å²) in [6, 6.07) is 23.8. The van der Waals surface area contributed by atoms with E-state index in [9.17, 15) is 13.2 Å². The number of fused-ring (bicyclic) bond motifs is 1. The van der Waals surface area contributed by atoms with Crippen molar-refractivity contribution in [3.8, 4) is 5.75 Å². The molecule has 0 N–H and O–H groups in total. The molecular weight excluding hydrogens is 468 g/mol. The van der Waals surface area contributed by atoms with Gasteiger partial charge in [-0.15, -0.1) is 13.2 Å². The predicted molar refractivity (Wildman–Crippen MR) is 134 cm³/mol. The van der Waals surface area contributed by atoms with Crippen LogP contribution in [-0.4, -0.2) is 20.1 Å². The van der Waals surface area contributed by atoms with Gasteiger partial charge in [-0.05, 0) is 77.4 Å². The molecule has 4 rings (SSSR count). The third kappa shape index (κ3) is 7.08.